The van der Waals surface area contributed by atoms with Crippen LogP contribution in [0.3, 0.4) is 0 Å². The molecular formula is C18H20BF3O4. The lowest BCUT2D eigenvalue weighted by Gasteiger charge is -2.32. The predicted molar refractivity (Wildman–Crippen MR) is 92.0 cm³/mol. The number of hydrogen-bond acceptors (Lipinski definition) is 4. The monoisotopic (exact) mass is 368 g/mol. The summed E-state index contributed by atoms with van der Waals surface area (Å²) in [4.78, 5) is 0. The average Bonchev–Trinajstić information content (AvgIpc) is 2.77. The van der Waals surface area contributed by atoms with Gasteiger partial charge in [-0.3, -0.25) is 0 Å². The van der Waals surface area contributed by atoms with Gasteiger partial charge in [-0.2, -0.15) is 0 Å². The van der Waals surface area contributed by atoms with Crippen LogP contribution in [0.4, 0.5) is 13.2 Å². The molecule has 0 N–H and O–H groups in total. The molecule has 3 rings (SSSR count). The zero-order valence-corrected chi connectivity index (χ0v) is 15.3. The van der Waals surface area contributed by atoms with Gasteiger partial charge in [0.1, 0.15) is 5.75 Å². The first-order chi connectivity index (χ1) is 12.1. The molecule has 2 aromatic rings. The normalized spacial score (nSPS) is 18.5. The molecule has 0 radical (unpaired) electrons. The minimum Gasteiger partial charge on any atom is -0.468 e. The zero-order valence-electron chi connectivity index (χ0n) is 15.3. The Morgan fingerprint density at radius 1 is 0.962 bits per heavy atom. The summed E-state index contributed by atoms with van der Waals surface area (Å²) in [6, 6.07) is 3.82. The van der Waals surface area contributed by atoms with Crippen molar-refractivity contribution in [3.05, 3.63) is 35.7 Å². The number of hydrogen-bond donors (Lipinski definition) is 0. The molecule has 1 saturated heterocycles. The van der Waals surface area contributed by atoms with Crippen molar-refractivity contribution < 1.29 is 32.0 Å². The second-order valence-electron chi connectivity index (χ2n) is 7.24. The topological polar surface area (TPSA) is 36.9 Å². The summed E-state index contributed by atoms with van der Waals surface area (Å²) >= 11 is 0. The lowest BCUT2D eigenvalue weighted by molar-refractivity contribution is 0.00578. The molecule has 1 fully saturated rings. The van der Waals surface area contributed by atoms with Gasteiger partial charge >= 0.3 is 7.12 Å². The Labute approximate surface area is 150 Å². The van der Waals surface area contributed by atoms with Crippen LogP contribution in [0.25, 0.3) is 10.8 Å². The number of fused-ring (bicyclic) bond motifs is 1. The van der Waals surface area contributed by atoms with E-state index in [1.807, 2.05) is 27.7 Å². The van der Waals surface area contributed by atoms with Gasteiger partial charge in [0.2, 0.25) is 0 Å². The van der Waals surface area contributed by atoms with E-state index < -0.39 is 35.8 Å². The van der Waals surface area contributed by atoms with Crippen molar-refractivity contribution in [2.45, 2.75) is 38.9 Å². The van der Waals surface area contributed by atoms with E-state index >= 15 is 0 Å². The van der Waals surface area contributed by atoms with Crippen LogP contribution in [-0.2, 0) is 14.0 Å². The van der Waals surface area contributed by atoms with Crippen molar-refractivity contribution >= 4 is 23.4 Å². The highest BCUT2D eigenvalue weighted by Crippen LogP contribution is 2.38. The van der Waals surface area contributed by atoms with E-state index in [4.69, 9.17) is 18.8 Å². The summed E-state index contributed by atoms with van der Waals surface area (Å²) < 4.78 is 64.3. The van der Waals surface area contributed by atoms with Gasteiger partial charge in [0.05, 0.1) is 11.2 Å². The maximum atomic E-state index is 14.6. The summed E-state index contributed by atoms with van der Waals surface area (Å²) in [6.07, 6.45) is 0. The molecular weight excluding hydrogens is 348 g/mol. The number of benzene rings is 2. The molecule has 1 aliphatic rings. The summed E-state index contributed by atoms with van der Waals surface area (Å²) in [5.41, 5.74) is -1.13. The van der Waals surface area contributed by atoms with Crippen LogP contribution in [0.5, 0.6) is 5.75 Å². The van der Waals surface area contributed by atoms with Crippen LogP contribution in [-0.4, -0.2) is 32.2 Å². The van der Waals surface area contributed by atoms with Crippen LogP contribution in [0, 0.1) is 17.5 Å². The fraction of sp³-hybridized carbons (Fsp3) is 0.444. The van der Waals surface area contributed by atoms with Crippen LogP contribution >= 0.6 is 0 Å². The van der Waals surface area contributed by atoms with Crippen LogP contribution in [0.2, 0.25) is 0 Å². The first kappa shape index (κ1) is 19.0. The molecule has 0 aliphatic carbocycles. The Hall–Kier alpha value is -1.77. The fourth-order valence-electron chi connectivity index (χ4n) is 2.81. The highest BCUT2D eigenvalue weighted by Gasteiger charge is 2.52. The Bertz CT molecular complexity index is 838. The second kappa shape index (κ2) is 6.44. The van der Waals surface area contributed by atoms with Gasteiger partial charge in [0.15, 0.2) is 24.2 Å². The van der Waals surface area contributed by atoms with Crippen molar-refractivity contribution in [2.75, 3.05) is 13.9 Å². The molecule has 0 unspecified atom stereocenters. The van der Waals surface area contributed by atoms with E-state index in [9.17, 15) is 13.2 Å². The largest absolute Gasteiger partial charge is 0.495 e. The molecule has 26 heavy (non-hydrogen) atoms. The van der Waals surface area contributed by atoms with Crippen molar-refractivity contribution in [2.24, 2.45) is 0 Å². The van der Waals surface area contributed by atoms with Gasteiger partial charge in [-0.1, -0.05) is 0 Å². The fourth-order valence-corrected chi connectivity index (χ4v) is 2.81. The number of ether oxygens (including phenoxy) is 2. The maximum absolute atomic E-state index is 14.6. The lowest BCUT2D eigenvalue weighted by atomic mass is 9.75. The highest BCUT2D eigenvalue weighted by molar-refractivity contribution is 6.65. The molecule has 0 bridgehead atoms. The lowest BCUT2D eigenvalue weighted by Crippen LogP contribution is -2.41. The van der Waals surface area contributed by atoms with Crippen LogP contribution < -0.4 is 10.2 Å². The molecule has 4 nitrogen and oxygen atoms in total. The predicted octanol–water partition coefficient (Wildman–Crippen LogP) is 3.54. The van der Waals surface area contributed by atoms with Gasteiger partial charge in [-0.25, -0.2) is 13.2 Å². The third kappa shape index (κ3) is 3.06. The van der Waals surface area contributed by atoms with E-state index in [0.29, 0.717) is 5.75 Å². The molecule has 0 aromatic heterocycles. The van der Waals surface area contributed by atoms with E-state index in [1.165, 1.54) is 19.2 Å². The Kier molecular flexibility index (Phi) is 4.71. The highest BCUT2D eigenvalue weighted by atomic mass is 19.2. The molecule has 0 atom stereocenters. The first-order valence-corrected chi connectivity index (χ1v) is 8.16. The summed E-state index contributed by atoms with van der Waals surface area (Å²) in [5.74, 6) is -3.81. The van der Waals surface area contributed by atoms with Gasteiger partial charge < -0.3 is 18.8 Å². The third-order valence-electron chi connectivity index (χ3n) is 4.93. The van der Waals surface area contributed by atoms with Crippen molar-refractivity contribution in [3.8, 4) is 5.75 Å². The number of halogens is 3. The maximum Gasteiger partial charge on any atom is 0.495 e. The first-order valence-electron chi connectivity index (χ1n) is 8.16. The van der Waals surface area contributed by atoms with Gasteiger partial charge in [-0.15, -0.1) is 0 Å². The SMILES string of the molecule is COCOc1cc(B2OC(C)(C)C(C)(C)O2)c2c(F)c(F)c(F)cc2c1. The number of methoxy groups -OCH3 is 1. The van der Waals surface area contributed by atoms with Crippen molar-refractivity contribution in [1.29, 1.82) is 0 Å². The van der Waals surface area contributed by atoms with E-state index in [-0.39, 0.29) is 23.0 Å². The molecule has 0 spiro atoms. The molecule has 1 aliphatic heterocycles. The van der Waals surface area contributed by atoms with Gasteiger partial charge in [0.25, 0.3) is 0 Å². The van der Waals surface area contributed by atoms with E-state index in [0.717, 1.165) is 6.07 Å². The molecule has 140 valence electrons. The molecule has 2 aromatic carbocycles. The molecule has 1 heterocycles. The minimum absolute atomic E-state index is 0.0551. The average molecular weight is 368 g/mol. The third-order valence-corrected chi connectivity index (χ3v) is 4.93. The Morgan fingerprint density at radius 2 is 1.58 bits per heavy atom. The van der Waals surface area contributed by atoms with E-state index in [1.54, 1.807) is 0 Å². The smallest absolute Gasteiger partial charge is 0.468 e. The zero-order chi connectivity index (χ0) is 19.3. The minimum atomic E-state index is -1.54. The summed E-state index contributed by atoms with van der Waals surface area (Å²) in [6.45, 7) is 7.32. The molecule has 0 saturated carbocycles. The second-order valence-corrected chi connectivity index (χ2v) is 7.24. The summed E-state index contributed by atoms with van der Waals surface area (Å²) in [5, 5.41) is 0.0342. The van der Waals surface area contributed by atoms with Crippen LogP contribution in [0.1, 0.15) is 27.7 Å². The standard InChI is InChI=1S/C18H20BF3O4/c1-17(2)18(3,4)26-19(25-17)12-8-11(24-9-23-5)6-10-7-13(20)15(21)16(22)14(10)12/h6-8H,9H2,1-5H3. The van der Waals surface area contributed by atoms with Crippen molar-refractivity contribution in [1.82, 2.24) is 0 Å². The van der Waals surface area contributed by atoms with Crippen LogP contribution in [0.15, 0.2) is 18.2 Å². The van der Waals surface area contributed by atoms with Gasteiger partial charge in [-0.05, 0) is 56.7 Å². The Morgan fingerprint density at radius 3 is 2.15 bits per heavy atom. The van der Waals surface area contributed by atoms with Crippen molar-refractivity contribution in [3.63, 3.8) is 0 Å². The van der Waals surface area contributed by atoms with Gasteiger partial charge in [0, 0.05) is 12.5 Å². The number of rotatable bonds is 4. The quantitative estimate of drug-likeness (QED) is 0.470. The summed E-state index contributed by atoms with van der Waals surface area (Å²) in [7, 11) is 0.484. The molecule has 8 heteroatoms. The Balaban J connectivity index is 2.20. The molecule has 0 amide bonds. The van der Waals surface area contributed by atoms with E-state index in [2.05, 4.69) is 0 Å².